The van der Waals surface area contributed by atoms with E-state index in [9.17, 15) is 14.7 Å². The fourth-order valence-corrected chi connectivity index (χ4v) is 4.16. The number of aliphatic hydroxyl groups is 1. The topological polar surface area (TPSA) is 70.8 Å². The number of amides is 1. The van der Waals surface area contributed by atoms with Gasteiger partial charge in [-0.2, -0.15) is 0 Å². The van der Waals surface area contributed by atoms with E-state index in [0.29, 0.717) is 42.2 Å². The van der Waals surface area contributed by atoms with E-state index in [1.54, 1.807) is 6.92 Å². The maximum Gasteiger partial charge on any atom is 0.258 e. The molecule has 5 heteroatoms. The number of aryl methyl sites for hydroxylation is 2. The summed E-state index contributed by atoms with van der Waals surface area (Å²) in [6.45, 7) is 3.05. The quantitative estimate of drug-likeness (QED) is 0.909. The van der Waals surface area contributed by atoms with Gasteiger partial charge in [0.2, 0.25) is 0 Å². The smallest absolute Gasteiger partial charge is 0.258 e. The van der Waals surface area contributed by atoms with Gasteiger partial charge < -0.3 is 14.4 Å². The van der Waals surface area contributed by atoms with Crippen molar-refractivity contribution in [1.82, 2.24) is 4.90 Å². The zero-order valence-corrected chi connectivity index (χ0v) is 13.6. The Morgan fingerprint density at radius 2 is 2.09 bits per heavy atom. The van der Waals surface area contributed by atoms with Crippen molar-refractivity contribution < 1.29 is 19.1 Å². The Labute approximate surface area is 135 Å². The van der Waals surface area contributed by atoms with Crippen molar-refractivity contribution in [3.63, 3.8) is 0 Å². The normalized spacial score (nSPS) is 26.1. The first kappa shape index (κ1) is 14.9. The molecule has 1 atom stereocenters. The second-order valence-corrected chi connectivity index (χ2v) is 7.30. The molecular formula is C18H23NO4. The average molecular weight is 317 g/mol. The van der Waals surface area contributed by atoms with Crippen LogP contribution in [0, 0.1) is 12.8 Å². The first-order valence-electron chi connectivity index (χ1n) is 8.67. The Morgan fingerprint density at radius 3 is 2.83 bits per heavy atom. The Hall–Kier alpha value is -1.62. The molecule has 1 amide bonds. The highest BCUT2D eigenvalue weighted by Gasteiger charge is 2.49. The first-order valence-corrected chi connectivity index (χ1v) is 8.67. The van der Waals surface area contributed by atoms with E-state index in [4.69, 9.17) is 4.42 Å². The first-order chi connectivity index (χ1) is 11.0. The molecular weight excluding hydrogens is 294 g/mol. The van der Waals surface area contributed by atoms with Crippen molar-refractivity contribution in [2.24, 2.45) is 5.92 Å². The molecule has 5 nitrogen and oxygen atoms in total. The Kier molecular flexibility index (Phi) is 3.38. The highest BCUT2D eigenvalue weighted by Crippen LogP contribution is 2.45. The predicted molar refractivity (Wildman–Crippen MR) is 83.5 cm³/mol. The number of Topliss-reactive ketones (excluding diaryl/α,β-unsaturated/α-hetero) is 1. The number of piperidine rings is 1. The van der Waals surface area contributed by atoms with Crippen LogP contribution in [0.1, 0.15) is 70.8 Å². The predicted octanol–water partition coefficient (Wildman–Crippen LogP) is 2.48. The van der Waals surface area contributed by atoms with Crippen LogP contribution in [-0.4, -0.2) is 40.4 Å². The minimum absolute atomic E-state index is 0.0285. The van der Waals surface area contributed by atoms with Gasteiger partial charge in [0, 0.05) is 31.8 Å². The largest absolute Gasteiger partial charge is 0.465 e. The van der Waals surface area contributed by atoms with Crippen molar-refractivity contribution in [1.29, 1.82) is 0 Å². The second kappa shape index (κ2) is 5.20. The molecule has 1 saturated heterocycles. The highest BCUT2D eigenvalue weighted by atomic mass is 16.3. The lowest BCUT2D eigenvalue weighted by Crippen LogP contribution is -2.44. The Balaban J connectivity index is 1.62. The molecule has 0 spiro atoms. The summed E-state index contributed by atoms with van der Waals surface area (Å²) in [5.74, 6) is 1.33. The summed E-state index contributed by atoms with van der Waals surface area (Å²) in [6, 6.07) is 0. The number of rotatable bonds is 2. The minimum Gasteiger partial charge on any atom is -0.465 e. The Bertz CT molecular complexity index is 671. The SMILES string of the molecule is Cc1oc2c(c1C(=O)N1CCCC(C3(O)CC3)C1)C(=O)CCC2. The molecule has 23 heavy (non-hydrogen) atoms. The van der Waals surface area contributed by atoms with Gasteiger partial charge in [-0.3, -0.25) is 9.59 Å². The van der Waals surface area contributed by atoms with Gasteiger partial charge in [-0.25, -0.2) is 0 Å². The van der Waals surface area contributed by atoms with Crippen LogP contribution in [0.15, 0.2) is 4.42 Å². The van der Waals surface area contributed by atoms with E-state index in [-0.39, 0.29) is 17.6 Å². The zero-order valence-electron chi connectivity index (χ0n) is 13.6. The van der Waals surface area contributed by atoms with Crippen LogP contribution in [-0.2, 0) is 6.42 Å². The molecule has 2 fully saturated rings. The minimum atomic E-state index is -0.556. The van der Waals surface area contributed by atoms with Gasteiger partial charge in [-0.05, 0) is 39.0 Å². The summed E-state index contributed by atoms with van der Waals surface area (Å²) >= 11 is 0. The molecule has 2 heterocycles. The maximum atomic E-state index is 13.0. The summed E-state index contributed by atoms with van der Waals surface area (Å²) in [7, 11) is 0. The van der Waals surface area contributed by atoms with E-state index in [1.807, 2.05) is 4.90 Å². The molecule has 1 N–H and O–H groups in total. The monoisotopic (exact) mass is 317 g/mol. The van der Waals surface area contributed by atoms with Crippen LogP contribution < -0.4 is 0 Å². The van der Waals surface area contributed by atoms with Crippen LogP contribution >= 0.6 is 0 Å². The fourth-order valence-electron chi connectivity index (χ4n) is 4.16. The molecule has 4 rings (SSSR count). The van der Waals surface area contributed by atoms with Crippen molar-refractivity contribution in [3.05, 3.63) is 22.6 Å². The number of likely N-dealkylation sites (tertiary alicyclic amines) is 1. The molecule has 1 aromatic rings. The number of nitrogens with zero attached hydrogens (tertiary/aromatic N) is 1. The number of hydrogen-bond acceptors (Lipinski definition) is 4. The lowest BCUT2D eigenvalue weighted by molar-refractivity contribution is 0.0280. The number of hydrogen-bond donors (Lipinski definition) is 1. The third-order valence-electron chi connectivity index (χ3n) is 5.69. The summed E-state index contributed by atoms with van der Waals surface area (Å²) in [6.07, 6.45) is 5.60. The van der Waals surface area contributed by atoms with Gasteiger partial charge in [0.05, 0.1) is 16.7 Å². The highest BCUT2D eigenvalue weighted by molar-refractivity contribution is 6.10. The van der Waals surface area contributed by atoms with E-state index in [0.717, 1.165) is 38.5 Å². The molecule has 0 aromatic carbocycles. The summed E-state index contributed by atoms with van der Waals surface area (Å²) < 4.78 is 5.71. The van der Waals surface area contributed by atoms with Gasteiger partial charge in [-0.1, -0.05) is 0 Å². The van der Waals surface area contributed by atoms with Crippen LogP contribution in [0.4, 0.5) is 0 Å². The van der Waals surface area contributed by atoms with Gasteiger partial charge in [0.1, 0.15) is 11.5 Å². The molecule has 0 bridgehead atoms. The van der Waals surface area contributed by atoms with Crippen LogP contribution in [0.5, 0.6) is 0 Å². The van der Waals surface area contributed by atoms with Crippen molar-refractivity contribution in [2.45, 2.75) is 57.5 Å². The molecule has 1 aliphatic heterocycles. The van der Waals surface area contributed by atoms with Gasteiger partial charge in [-0.15, -0.1) is 0 Å². The third kappa shape index (κ3) is 2.42. The Morgan fingerprint density at radius 1 is 1.30 bits per heavy atom. The number of furan rings is 1. The fraction of sp³-hybridized carbons (Fsp3) is 0.667. The maximum absolute atomic E-state index is 13.0. The van der Waals surface area contributed by atoms with Crippen molar-refractivity contribution >= 4 is 11.7 Å². The van der Waals surface area contributed by atoms with Gasteiger partial charge >= 0.3 is 0 Å². The molecule has 0 radical (unpaired) electrons. The summed E-state index contributed by atoms with van der Waals surface area (Å²) in [5.41, 5.74) is 0.429. The molecule has 1 aromatic heterocycles. The summed E-state index contributed by atoms with van der Waals surface area (Å²) in [5, 5.41) is 10.4. The van der Waals surface area contributed by atoms with Crippen molar-refractivity contribution in [3.8, 4) is 0 Å². The molecule has 3 aliphatic rings. The number of carbonyl (C=O) groups excluding carboxylic acids is 2. The summed E-state index contributed by atoms with van der Waals surface area (Å²) in [4.78, 5) is 27.1. The standard InChI is InChI=1S/C18H23NO4/c1-11-15(16-13(20)5-2-6-14(16)23-11)17(21)19-9-3-4-12(10-19)18(22)7-8-18/h12,22H,2-10H2,1H3. The van der Waals surface area contributed by atoms with Crippen molar-refractivity contribution in [2.75, 3.05) is 13.1 Å². The van der Waals surface area contributed by atoms with Crippen LogP contribution in [0.3, 0.4) is 0 Å². The van der Waals surface area contributed by atoms with E-state index < -0.39 is 5.60 Å². The van der Waals surface area contributed by atoms with Crippen LogP contribution in [0.25, 0.3) is 0 Å². The number of fused-ring (bicyclic) bond motifs is 1. The lowest BCUT2D eigenvalue weighted by atomic mass is 9.89. The zero-order chi connectivity index (χ0) is 16.2. The molecule has 124 valence electrons. The number of ketones is 1. The third-order valence-corrected chi connectivity index (χ3v) is 5.69. The second-order valence-electron chi connectivity index (χ2n) is 7.30. The van der Waals surface area contributed by atoms with E-state index in [1.165, 1.54) is 0 Å². The molecule has 2 aliphatic carbocycles. The molecule has 1 unspecified atom stereocenters. The van der Waals surface area contributed by atoms with E-state index in [2.05, 4.69) is 0 Å². The van der Waals surface area contributed by atoms with Gasteiger partial charge in [0.15, 0.2) is 5.78 Å². The average Bonchev–Trinajstić information content (AvgIpc) is 3.20. The van der Waals surface area contributed by atoms with Crippen LogP contribution in [0.2, 0.25) is 0 Å². The van der Waals surface area contributed by atoms with E-state index >= 15 is 0 Å². The lowest BCUT2D eigenvalue weighted by Gasteiger charge is -2.35. The number of carbonyl (C=O) groups is 2. The molecule has 1 saturated carbocycles. The van der Waals surface area contributed by atoms with Gasteiger partial charge in [0.25, 0.3) is 5.91 Å².